The molecule has 2 aromatic rings. The van der Waals surface area contributed by atoms with Crippen LogP contribution in [0.1, 0.15) is 11.3 Å². The Bertz CT molecular complexity index is 646. The summed E-state index contributed by atoms with van der Waals surface area (Å²) >= 11 is 0. The van der Waals surface area contributed by atoms with E-state index in [9.17, 15) is 14.9 Å². The first-order chi connectivity index (χ1) is 9.45. The molecule has 1 aromatic carbocycles. The molecule has 0 saturated heterocycles. The largest absolute Gasteiger partial charge is 0.390 e. The van der Waals surface area contributed by atoms with Crippen LogP contribution in [0.15, 0.2) is 30.3 Å². The molecule has 7 nitrogen and oxygen atoms in total. The Hall–Kier alpha value is -2.70. The lowest BCUT2D eigenvalue weighted by molar-refractivity contribution is -0.389. The zero-order chi connectivity index (χ0) is 14.7. The number of nitrogens with zero attached hydrogens (tertiary/aromatic N) is 3. The van der Waals surface area contributed by atoms with Gasteiger partial charge in [0.15, 0.2) is 0 Å². The third-order valence-corrected chi connectivity index (χ3v) is 2.78. The van der Waals surface area contributed by atoms with Gasteiger partial charge in [0.1, 0.15) is 6.54 Å². The molecule has 1 N–H and O–H groups in total. The van der Waals surface area contributed by atoms with Crippen molar-refractivity contribution in [3.63, 3.8) is 0 Å². The van der Waals surface area contributed by atoms with Crippen LogP contribution in [0.4, 0.5) is 11.5 Å². The predicted molar refractivity (Wildman–Crippen MR) is 73.4 cm³/mol. The molecule has 0 spiro atoms. The first-order valence-corrected chi connectivity index (χ1v) is 6.01. The second-order valence-corrected chi connectivity index (χ2v) is 4.47. The quantitative estimate of drug-likeness (QED) is 0.682. The van der Waals surface area contributed by atoms with Gasteiger partial charge in [-0.3, -0.25) is 4.79 Å². The zero-order valence-electron chi connectivity index (χ0n) is 11.2. The summed E-state index contributed by atoms with van der Waals surface area (Å²) in [5, 5.41) is 17.1. The van der Waals surface area contributed by atoms with Gasteiger partial charge in [0, 0.05) is 5.69 Å². The summed E-state index contributed by atoms with van der Waals surface area (Å²) in [7, 11) is 0. The highest BCUT2D eigenvalue weighted by Crippen LogP contribution is 2.12. The van der Waals surface area contributed by atoms with Crippen molar-refractivity contribution in [2.45, 2.75) is 20.4 Å². The standard InChI is InChI=1S/C13H14N4O3/c1-9-3-5-11(6-4-9)14-13(18)8-16-10(2)7-12(15-16)17(19)20/h3-7H,8H2,1-2H3,(H,14,18). The van der Waals surface area contributed by atoms with E-state index in [1.807, 2.05) is 19.1 Å². The molecule has 1 amide bonds. The van der Waals surface area contributed by atoms with Gasteiger partial charge in [-0.2, -0.15) is 4.68 Å². The molecule has 0 bridgehead atoms. The number of aryl methyl sites for hydroxylation is 2. The van der Waals surface area contributed by atoms with Crippen molar-refractivity contribution >= 4 is 17.4 Å². The minimum Gasteiger partial charge on any atom is -0.358 e. The Morgan fingerprint density at radius 3 is 2.55 bits per heavy atom. The van der Waals surface area contributed by atoms with Gasteiger partial charge in [-0.1, -0.05) is 17.7 Å². The number of benzene rings is 1. The van der Waals surface area contributed by atoms with Gasteiger partial charge in [-0.25, -0.2) is 0 Å². The van der Waals surface area contributed by atoms with Crippen molar-refractivity contribution in [1.82, 2.24) is 9.78 Å². The number of rotatable bonds is 4. The number of hydrogen-bond donors (Lipinski definition) is 1. The molecule has 2 rings (SSSR count). The average Bonchev–Trinajstić information content (AvgIpc) is 2.74. The maximum absolute atomic E-state index is 11.9. The molecule has 0 aliphatic carbocycles. The molecule has 7 heteroatoms. The Morgan fingerprint density at radius 2 is 2.00 bits per heavy atom. The van der Waals surface area contributed by atoms with Crippen LogP contribution in [-0.4, -0.2) is 20.6 Å². The molecule has 0 radical (unpaired) electrons. The number of carbonyl (C=O) groups is 1. The van der Waals surface area contributed by atoms with Crippen molar-refractivity contribution in [2.24, 2.45) is 0 Å². The third-order valence-electron chi connectivity index (χ3n) is 2.78. The molecular weight excluding hydrogens is 260 g/mol. The summed E-state index contributed by atoms with van der Waals surface area (Å²) in [5.74, 6) is -0.541. The number of nitrogens with one attached hydrogen (secondary N) is 1. The van der Waals surface area contributed by atoms with Crippen molar-refractivity contribution in [1.29, 1.82) is 0 Å². The van der Waals surface area contributed by atoms with Gasteiger partial charge in [-0.05, 0) is 30.9 Å². The fourth-order valence-electron chi connectivity index (χ4n) is 1.72. The first kappa shape index (κ1) is 13.7. The van der Waals surface area contributed by atoms with Gasteiger partial charge in [0.25, 0.3) is 0 Å². The maximum atomic E-state index is 11.9. The molecule has 0 fully saturated rings. The molecular formula is C13H14N4O3. The van der Waals surface area contributed by atoms with E-state index < -0.39 is 4.92 Å². The predicted octanol–water partition coefficient (Wildman–Crippen LogP) is 2.05. The van der Waals surface area contributed by atoms with E-state index in [1.165, 1.54) is 10.7 Å². The molecule has 1 heterocycles. The van der Waals surface area contributed by atoms with Crippen LogP contribution in [0.5, 0.6) is 0 Å². The summed E-state index contributed by atoms with van der Waals surface area (Å²) in [5.41, 5.74) is 2.34. The van der Waals surface area contributed by atoms with E-state index in [2.05, 4.69) is 10.4 Å². The molecule has 0 saturated carbocycles. The highest BCUT2D eigenvalue weighted by molar-refractivity contribution is 5.90. The van der Waals surface area contributed by atoms with Gasteiger partial charge in [0.05, 0.1) is 16.9 Å². The Labute approximate surface area is 115 Å². The van der Waals surface area contributed by atoms with E-state index >= 15 is 0 Å². The molecule has 104 valence electrons. The monoisotopic (exact) mass is 274 g/mol. The number of amides is 1. The minimum absolute atomic E-state index is 0.0620. The second-order valence-electron chi connectivity index (χ2n) is 4.47. The van der Waals surface area contributed by atoms with Crippen molar-refractivity contribution in [3.05, 3.63) is 51.7 Å². The second kappa shape index (κ2) is 5.52. The normalized spacial score (nSPS) is 10.3. The van der Waals surface area contributed by atoms with Gasteiger partial charge >= 0.3 is 5.82 Å². The minimum atomic E-state index is -0.582. The molecule has 0 aliphatic heterocycles. The zero-order valence-corrected chi connectivity index (χ0v) is 11.2. The first-order valence-electron chi connectivity index (χ1n) is 6.01. The summed E-state index contributed by atoms with van der Waals surface area (Å²) in [6, 6.07) is 8.70. The van der Waals surface area contributed by atoms with E-state index in [0.717, 1.165) is 5.56 Å². The van der Waals surface area contributed by atoms with E-state index in [1.54, 1.807) is 19.1 Å². The molecule has 0 aliphatic rings. The summed E-state index contributed by atoms with van der Waals surface area (Å²) in [6.45, 7) is 3.56. The lowest BCUT2D eigenvalue weighted by Gasteiger charge is -2.04. The van der Waals surface area contributed by atoms with Crippen LogP contribution in [0.3, 0.4) is 0 Å². The number of hydrogen-bond acceptors (Lipinski definition) is 4. The fourth-order valence-corrected chi connectivity index (χ4v) is 1.72. The number of carbonyl (C=O) groups excluding carboxylic acids is 1. The maximum Gasteiger partial charge on any atom is 0.390 e. The average molecular weight is 274 g/mol. The molecule has 0 unspecified atom stereocenters. The van der Waals surface area contributed by atoms with Crippen molar-refractivity contribution < 1.29 is 9.72 Å². The number of nitro groups is 1. The smallest absolute Gasteiger partial charge is 0.358 e. The summed E-state index contributed by atoms with van der Waals surface area (Å²) in [4.78, 5) is 21.9. The van der Waals surface area contributed by atoms with Crippen LogP contribution in [0.2, 0.25) is 0 Å². The lowest BCUT2D eigenvalue weighted by atomic mass is 10.2. The Morgan fingerprint density at radius 1 is 1.35 bits per heavy atom. The molecule has 1 aromatic heterocycles. The summed E-state index contributed by atoms with van der Waals surface area (Å²) < 4.78 is 1.31. The van der Waals surface area contributed by atoms with E-state index in [0.29, 0.717) is 11.4 Å². The summed E-state index contributed by atoms with van der Waals surface area (Å²) in [6.07, 6.45) is 0. The topological polar surface area (TPSA) is 90.1 Å². The van der Waals surface area contributed by atoms with Gasteiger partial charge < -0.3 is 15.4 Å². The van der Waals surface area contributed by atoms with Crippen LogP contribution in [-0.2, 0) is 11.3 Å². The fraction of sp³-hybridized carbons (Fsp3) is 0.231. The van der Waals surface area contributed by atoms with Gasteiger partial charge in [-0.15, -0.1) is 0 Å². The third kappa shape index (κ3) is 3.19. The van der Waals surface area contributed by atoms with Crippen LogP contribution < -0.4 is 5.32 Å². The number of aromatic nitrogens is 2. The van der Waals surface area contributed by atoms with Crippen LogP contribution >= 0.6 is 0 Å². The highest BCUT2D eigenvalue weighted by Gasteiger charge is 2.17. The Kier molecular flexibility index (Phi) is 3.79. The highest BCUT2D eigenvalue weighted by atomic mass is 16.6. The van der Waals surface area contributed by atoms with Crippen molar-refractivity contribution in [2.75, 3.05) is 5.32 Å². The lowest BCUT2D eigenvalue weighted by Crippen LogP contribution is -2.20. The van der Waals surface area contributed by atoms with Crippen molar-refractivity contribution in [3.8, 4) is 0 Å². The van der Waals surface area contributed by atoms with Crippen LogP contribution in [0.25, 0.3) is 0 Å². The Balaban J connectivity index is 2.04. The van der Waals surface area contributed by atoms with Crippen LogP contribution in [0, 0.1) is 24.0 Å². The SMILES string of the molecule is Cc1ccc(NC(=O)Cn2nc([N+](=O)[O-])cc2C)cc1. The molecule has 20 heavy (non-hydrogen) atoms. The van der Waals surface area contributed by atoms with E-state index in [4.69, 9.17) is 0 Å². The van der Waals surface area contributed by atoms with E-state index in [-0.39, 0.29) is 18.3 Å². The van der Waals surface area contributed by atoms with Gasteiger partial charge in [0.2, 0.25) is 5.91 Å². The number of anilines is 1. The molecule has 0 atom stereocenters.